The molecule has 104 valence electrons. The van der Waals surface area contributed by atoms with E-state index in [9.17, 15) is 14.5 Å². The second-order valence-electron chi connectivity index (χ2n) is 4.36. The first-order valence-electron chi connectivity index (χ1n) is 6.24. The Morgan fingerprint density at radius 2 is 1.85 bits per heavy atom. The number of hydrogen-bond donors (Lipinski definition) is 0. The highest BCUT2D eigenvalue weighted by Gasteiger charge is 2.10. The van der Waals surface area contributed by atoms with Crippen LogP contribution < -0.4 is 4.74 Å². The van der Waals surface area contributed by atoms with Crippen molar-refractivity contribution in [3.63, 3.8) is 0 Å². The van der Waals surface area contributed by atoms with Gasteiger partial charge in [-0.2, -0.15) is 0 Å². The molecular weight excluding hydrogens is 261 g/mol. The van der Waals surface area contributed by atoms with Crippen LogP contribution in [-0.2, 0) is 13.0 Å². The van der Waals surface area contributed by atoms with E-state index in [2.05, 4.69) is 6.92 Å². The van der Waals surface area contributed by atoms with Crippen molar-refractivity contribution < 1.29 is 14.1 Å². The van der Waals surface area contributed by atoms with Crippen molar-refractivity contribution >= 4 is 5.69 Å². The summed E-state index contributed by atoms with van der Waals surface area (Å²) >= 11 is 0. The van der Waals surface area contributed by atoms with E-state index < -0.39 is 10.7 Å². The zero-order valence-electron chi connectivity index (χ0n) is 11.0. The maximum absolute atomic E-state index is 13.3. The summed E-state index contributed by atoms with van der Waals surface area (Å²) in [6.07, 6.45) is 0.941. The first-order valence-corrected chi connectivity index (χ1v) is 6.24. The Morgan fingerprint density at radius 1 is 1.15 bits per heavy atom. The standard InChI is InChI=1S/C15H14FNO3/c1-2-11-3-5-15(6-4-11)20-10-12-7-13(16)9-14(8-12)17(18)19/h3-9H,2,10H2,1H3. The summed E-state index contributed by atoms with van der Waals surface area (Å²) in [7, 11) is 0. The van der Waals surface area contributed by atoms with Gasteiger partial charge in [-0.3, -0.25) is 10.1 Å². The van der Waals surface area contributed by atoms with E-state index in [-0.39, 0.29) is 12.3 Å². The van der Waals surface area contributed by atoms with E-state index in [1.54, 1.807) is 0 Å². The van der Waals surface area contributed by atoms with Crippen molar-refractivity contribution in [2.24, 2.45) is 0 Å². The third-order valence-electron chi connectivity index (χ3n) is 2.89. The summed E-state index contributed by atoms with van der Waals surface area (Å²) in [5.74, 6) is 0.00763. The fourth-order valence-electron chi connectivity index (χ4n) is 1.81. The molecule has 0 saturated heterocycles. The molecule has 0 bridgehead atoms. The molecule has 2 aromatic rings. The fourth-order valence-corrected chi connectivity index (χ4v) is 1.81. The predicted molar refractivity (Wildman–Crippen MR) is 73.2 cm³/mol. The number of aryl methyl sites for hydroxylation is 1. The van der Waals surface area contributed by atoms with Gasteiger partial charge in [0.2, 0.25) is 0 Å². The number of benzene rings is 2. The molecule has 0 unspecified atom stereocenters. The molecule has 0 fully saturated rings. The van der Waals surface area contributed by atoms with E-state index in [0.717, 1.165) is 12.5 Å². The van der Waals surface area contributed by atoms with Crippen LogP contribution in [0, 0.1) is 15.9 Å². The van der Waals surface area contributed by atoms with Crippen LogP contribution >= 0.6 is 0 Å². The molecule has 0 amide bonds. The summed E-state index contributed by atoms with van der Waals surface area (Å²) in [5.41, 5.74) is 1.35. The fraction of sp³-hybridized carbons (Fsp3) is 0.200. The summed E-state index contributed by atoms with van der Waals surface area (Å²) < 4.78 is 18.7. The van der Waals surface area contributed by atoms with Gasteiger partial charge in [0, 0.05) is 6.07 Å². The van der Waals surface area contributed by atoms with Gasteiger partial charge in [0.05, 0.1) is 11.0 Å². The van der Waals surface area contributed by atoms with E-state index >= 15 is 0 Å². The molecule has 0 atom stereocenters. The molecule has 0 spiro atoms. The Morgan fingerprint density at radius 3 is 2.45 bits per heavy atom. The third kappa shape index (κ3) is 3.54. The second-order valence-corrected chi connectivity index (χ2v) is 4.36. The maximum atomic E-state index is 13.3. The highest BCUT2D eigenvalue weighted by molar-refractivity contribution is 5.35. The SMILES string of the molecule is CCc1ccc(OCc2cc(F)cc([N+](=O)[O-])c2)cc1. The number of non-ortho nitro benzene ring substituents is 1. The maximum Gasteiger partial charge on any atom is 0.272 e. The lowest BCUT2D eigenvalue weighted by Gasteiger charge is -2.07. The number of nitro benzene ring substituents is 1. The minimum atomic E-state index is -0.640. The molecular formula is C15H14FNO3. The van der Waals surface area contributed by atoms with Gasteiger partial charge in [0.25, 0.3) is 5.69 Å². The highest BCUT2D eigenvalue weighted by atomic mass is 19.1. The molecule has 0 radical (unpaired) electrons. The molecule has 20 heavy (non-hydrogen) atoms. The summed E-state index contributed by atoms with van der Waals surface area (Å²) in [6.45, 7) is 2.14. The summed E-state index contributed by atoms with van der Waals surface area (Å²) in [5, 5.41) is 10.6. The van der Waals surface area contributed by atoms with Gasteiger partial charge in [-0.15, -0.1) is 0 Å². The summed E-state index contributed by atoms with van der Waals surface area (Å²) in [6, 6.07) is 11.0. The van der Waals surface area contributed by atoms with Crippen LogP contribution in [0.2, 0.25) is 0 Å². The van der Waals surface area contributed by atoms with E-state index in [4.69, 9.17) is 4.74 Å². The molecule has 0 aliphatic heterocycles. The van der Waals surface area contributed by atoms with Gasteiger partial charge in [0.1, 0.15) is 18.2 Å². The Bertz CT molecular complexity index is 611. The number of hydrogen-bond acceptors (Lipinski definition) is 3. The molecule has 0 saturated carbocycles. The Kier molecular flexibility index (Phi) is 4.30. The van der Waals surface area contributed by atoms with Gasteiger partial charge < -0.3 is 4.74 Å². The summed E-state index contributed by atoms with van der Waals surface area (Å²) in [4.78, 5) is 10.0. The minimum Gasteiger partial charge on any atom is -0.489 e. The molecule has 2 rings (SSSR count). The molecule has 4 nitrogen and oxygen atoms in total. The quantitative estimate of drug-likeness (QED) is 0.614. The first-order chi connectivity index (χ1) is 9.58. The Hall–Kier alpha value is -2.43. The van der Waals surface area contributed by atoms with Crippen molar-refractivity contribution in [1.82, 2.24) is 0 Å². The molecule has 0 aliphatic carbocycles. The van der Waals surface area contributed by atoms with Crippen LogP contribution in [0.15, 0.2) is 42.5 Å². The molecule has 0 aliphatic rings. The zero-order valence-corrected chi connectivity index (χ0v) is 11.0. The van der Waals surface area contributed by atoms with Crippen molar-refractivity contribution in [2.45, 2.75) is 20.0 Å². The number of nitro groups is 1. The average molecular weight is 275 g/mol. The van der Waals surface area contributed by atoms with Crippen LogP contribution in [0.25, 0.3) is 0 Å². The lowest BCUT2D eigenvalue weighted by atomic mass is 10.2. The number of nitrogens with zero attached hydrogens (tertiary/aromatic N) is 1. The van der Waals surface area contributed by atoms with Gasteiger partial charge in [-0.05, 0) is 35.7 Å². The minimum absolute atomic E-state index is 0.0874. The van der Waals surface area contributed by atoms with Crippen molar-refractivity contribution in [1.29, 1.82) is 0 Å². The highest BCUT2D eigenvalue weighted by Crippen LogP contribution is 2.19. The smallest absolute Gasteiger partial charge is 0.272 e. The number of halogens is 1. The van der Waals surface area contributed by atoms with Gasteiger partial charge in [-0.25, -0.2) is 4.39 Å². The van der Waals surface area contributed by atoms with E-state index in [1.165, 1.54) is 17.7 Å². The first kappa shape index (κ1) is 14.0. The molecule has 2 aromatic carbocycles. The Labute approximate surface area is 116 Å². The van der Waals surface area contributed by atoms with Gasteiger partial charge in [-0.1, -0.05) is 19.1 Å². The molecule has 0 N–H and O–H groups in total. The van der Waals surface area contributed by atoms with Gasteiger partial charge in [0.15, 0.2) is 0 Å². The van der Waals surface area contributed by atoms with Crippen LogP contribution in [0.3, 0.4) is 0 Å². The lowest BCUT2D eigenvalue weighted by molar-refractivity contribution is -0.385. The van der Waals surface area contributed by atoms with Crippen molar-refractivity contribution in [2.75, 3.05) is 0 Å². The average Bonchev–Trinajstić information content (AvgIpc) is 2.45. The normalized spacial score (nSPS) is 10.3. The van der Waals surface area contributed by atoms with E-state index in [0.29, 0.717) is 11.3 Å². The Balaban J connectivity index is 2.08. The number of rotatable bonds is 5. The van der Waals surface area contributed by atoms with Crippen LogP contribution in [0.1, 0.15) is 18.1 Å². The van der Waals surface area contributed by atoms with Crippen LogP contribution in [-0.4, -0.2) is 4.92 Å². The van der Waals surface area contributed by atoms with Gasteiger partial charge >= 0.3 is 0 Å². The van der Waals surface area contributed by atoms with Crippen LogP contribution in [0.5, 0.6) is 5.75 Å². The lowest BCUT2D eigenvalue weighted by Crippen LogP contribution is -1.98. The van der Waals surface area contributed by atoms with E-state index in [1.807, 2.05) is 24.3 Å². The molecule has 5 heteroatoms. The molecule has 0 aromatic heterocycles. The van der Waals surface area contributed by atoms with Crippen LogP contribution in [0.4, 0.5) is 10.1 Å². The third-order valence-corrected chi connectivity index (χ3v) is 2.89. The zero-order chi connectivity index (χ0) is 14.5. The largest absolute Gasteiger partial charge is 0.489 e. The topological polar surface area (TPSA) is 52.4 Å². The predicted octanol–water partition coefficient (Wildman–Crippen LogP) is 3.88. The number of ether oxygens (including phenoxy) is 1. The monoisotopic (exact) mass is 275 g/mol. The van der Waals surface area contributed by atoms with Crippen molar-refractivity contribution in [3.05, 3.63) is 69.5 Å². The molecule has 0 heterocycles. The van der Waals surface area contributed by atoms with Crippen molar-refractivity contribution in [3.8, 4) is 5.75 Å². The second kappa shape index (κ2) is 6.14.